The minimum absolute atomic E-state index is 0.113. The maximum atomic E-state index is 11.5. The molecule has 2 N–H and O–H groups in total. The highest BCUT2D eigenvalue weighted by atomic mass is 35.5. The van der Waals surface area contributed by atoms with E-state index in [-0.39, 0.29) is 5.91 Å². The fourth-order valence-electron chi connectivity index (χ4n) is 2.02. The Morgan fingerprint density at radius 3 is 2.78 bits per heavy atom. The average Bonchev–Trinajstić information content (AvgIpc) is 2.34. The number of carbonyl (C=O) groups is 1. The topological polar surface area (TPSA) is 50.4 Å². The van der Waals surface area contributed by atoms with Crippen molar-refractivity contribution >= 4 is 23.2 Å². The van der Waals surface area contributed by atoms with Crippen molar-refractivity contribution < 1.29 is 9.53 Å². The van der Waals surface area contributed by atoms with Crippen LogP contribution in [0.2, 0.25) is 5.02 Å². The number of anilines is 1. The number of hydrogen-bond donors (Lipinski definition) is 2. The van der Waals surface area contributed by atoms with Crippen molar-refractivity contribution in [1.82, 2.24) is 5.32 Å². The Bertz CT molecular complexity index is 445. The highest BCUT2D eigenvalue weighted by Crippen LogP contribution is 2.30. The number of halogens is 1. The molecule has 98 valence electrons. The predicted molar refractivity (Wildman–Crippen MR) is 72.3 cm³/mol. The van der Waals surface area contributed by atoms with Crippen molar-refractivity contribution in [2.24, 2.45) is 0 Å². The van der Waals surface area contributed by atoms with E-state index in [9.17, 15) is 4.79 Å². The molecule has 18 heavy (non-hydrogen) atoms. The van der Waals surface area contributed by atoms with Crippen molar-refractivity contribution in [2.75, 3.05) is 19.5 Å². The van der Waals surface area contributed by atoms with E-state index in [0.717, 1.165) is 18.5 Å². The molecule has 1 aromatic rings. The van der Waals surface area contributed by atoms with Crippen LogP contribution in [-0.4, -0.2) is 32.2 Å². The van der Waals surface area contributed by atoms with Crippen LogP contribution >= 0.6 is 11.6 Å². The molecule has 0 spiro atoms. The molecule has 0 saturated heterocycles. The summed E-state index contributed by atoms with van der Waals surface area (Å²) in [5.41, 5.74) is 1.41. The van der Waals surface area contributed by atoms with Crippen LogP contribution in [0.1, 0.15) is 23.2 Å². The van der Waals surface area contributed by atoms with E-state index in [1.54, 1.807) is 32.4 Å². The predicted octanol–water partition coefficient (Wildman–Crippen LogP) is 2.29. The van der Waals surface area contributed by atoms with Gasteiger partial charge in [0, 0.05) is 25.8 Å². The number of ether oxygens (including phenoxy) is 1. The molecule has 1 aliphatic carbocycles. The lowest BCUT2D eigenvalue weighted by Crippen LogP contribution is -2.40. The van der Waals surface area contributed by atoms with E-state index in [2.05, 4.69) is 10.6 Å². The quantitative estimate of drug-likeness (QED) is 0.881. The van der Waals surface area contributed by atoms with Crippen LogP contribution < -0.4 is 10.6 Å². The van der Waals surface area contributed by atoms with E-state index in [4.69, 9.17) is 16.3 Å². The molecule has 4 nitrogen and oxygen atoms in total. The number of methoxy groups -OCH3 is 1. The monoisotopic (exact) mass is 268 g/mol. The van der Waals surface area contributed by atoms with Crippen LogP contribution in [0, 0.1) is 0 Å². The largest absolute Gasteiger partial charge is 0.381 e. The zero-order valence-corrected chi connectivity index (χ0v) is 11.3. The second kappa shape index (κ2) is 5.59. The van der Waals surface area contributed by atoms with Crippen molar-refractivity contribution in [2.45, 2.75) is 25.0 Å². The molecule has 1 aromatic carbocycles. The maximum Gasteiger partial charge on any atom is 0.251 e. The molecule has 0 heterocycles. The molecule has 5 heteroatoms. The molecule has 0 unspecified atom stereocenters. The van der Waals surface area contributed by atoms with Crippen molar-refractivity contribution in [3.05, 3.63) is 28.8 Å². The first-order valence-electron chi connectivity index (χ1n) is 5.95. The van der Waals surface area contributed by atoms with Gasteiger partial charge in [0.05, 0.1) is 16.8 Å². The Morgan fingerprint density at radius 2 is 2.17 bits per heavy atom. The number of benzene rings is 1. The number of rotatable bonds is 4. The Morgan fingerprint density at radius 1 is 1.44 bits per heavy atom. The summed E-state index contributed by atoms with van der Waals surface area (Å²) in [6.45, 7) is 0. The molecular formula is C13H17ClN2O2. The van der Waals surface area contributed by atoms with Crippen molar-refractivity contribution in [3.63, 3.8) is 0 Å². The van der Waals surface area contributed by atoms with Gasteiger partial charge in [0.15, 0.2) is 0 Å². The molecule has 0 aromatic heterocycles. The van der Waals surface area contributed by atoms with E-state index in [1.807, 2.05) is 0 Å². The molecule has 1 fully saturated rings. The van der Waals surface area contributed by atoms with Crippen LogP contribution in [0.15, 0.2) is 18.2 Å². The molecule has 0 atom stereocenters. The highest BCUT2D eigenvalue weighted by molar-refractivity contribution is 6.33. The van der Waals surface area contributed by atoms with Crippen LogP contribution in [0.25, 0.3) is 0 Å². The van der Waals surface area contributed by atoms with Gasteiger partial charge in [-0.15, -0.1) is 0 Å². The highest BCUT2D eigenvalue weighted by Gasteiger charge is 2.29. The summed E-state index contributed by atoms with van der Waals surface area (Å²) in [5, 5.41) is 6.56. The number of nitrogens with one attached hydrogen (secondary N) is 2. The van der Waals surface area contributed by atoms with Crippen LogP contribution in [-0.2, 0) is 4.74 Å². The Kier molecular flexibility index (Phi) is 4.09. The van der Waals surface area contributed by atoms with E-state index < -0.39 is 0 Å². The summed E-state index contributed by atoms with van der Waals surface area (Å²) in [6.07, 6.45) is 2.28. The molecule has 2 rings (SSSR count). The van der Waals surface area contributed by atoms with E-state index in [1.165, 1.54) is 0 Å². The fourth-order valence-corrected chi connectivity index (χ4v) is 2.19. The lowest BCUT2D eigenvalue weighted by atomic mass is 9.89. The van der Waals surface area contributed by atoms with Gasteiger partial charge in [-0.1, -0.05) is 11.6 Å². The summed E-state index contributed by atoms with van der Waals surface area (Å²) in [4.78, 5) is 11.5. The fraction of sp³-hybridized carbons (Fsp3) is 0.462. The molecule has 0 aliphatic heterocycles. The first kappa shape index (κ1) is 13.2. The second-order valence-electron chi connectivity index (χ2n) is 4.44. The van der Waals surface area contributed by atoms with Crippen LogP contribution in [0.3, 0.4) is 0 Å². The maximum absolute atomic E-state index is 11.5. The number of hydrogen-bond acceptors (Lipinski definition) is 3. The summed E-state index contributed by atoms with van der Waals surface area (Å²) >= 11 is 6.11. The van der Waals surface area contributed by atoms with Gasteiger partial charge < -0.3 is 15.4 Å². The standard InChI is InChI=1S/C13H17ClN2O2/c1-15-13(17)8-3-4-11(14)12(5-8)16-9-6-10(7-9)18-2/h3-5,9-10,16H,6-7H2,1-2H3,(H,15,17). The van der Waals surface area contributed by atoms with Gasteiger partial charge in [-0.05, 0) is 31.0 Å². The molecule has 1 aliphatic rings. The summed E-state index contributed by atoms with van der Waals surface area (Å²) in [6, 6.07) is 5.60. The van der Waals surface area contributed by atoms with Gasteiger partial charge in [0.2, 0.25) is 0 Å². The normalized spacial score (nSPS) is 22.2. The SMILES string of the molecule is CNC(=O)c1ccc(Cl)c(NC2CC(OC)C2)c1. The first-order valence-corrected chi connectivity index (χ1v) is 6.32. The van der Waals surface area contributed by atoms with Crippen molar-refractivity contribution in [3.8, 4) is 0 Å². The smallest absolute Gasteiger partial charge is 0.251 e. The van der Waals surface area contributed by atoms with Crippen LogP contribution in [0.4, 0.5) is 5.69 Å². The zero-order chi connectivity index (χ0) is 13.1. The van der Waals surface area contributed by atoms with Crippen LogP contribution in [0.5, 0.6) is 0 Å². The molecular weight excluding hydrogens is 252 g/mol. The summed E-state index contributed by atoms with van der Waals surface area (Å²) < 4.78 is 5.23. The lowest BCUT2D eigenvalue weighted by molar-refractivity contribution is 0.0328. The second-order valence-corrected chi connectivity index (χ2v) is 4.85. The Balaban J connectivity index is 2.05. The summed E-state index contributed by atoms with van der Waals surface area (Å²) in [7, 11) is 3.33. The minimum Gasteiger partial charge on any atom is -0.381 e. The van der Waals surface area contributed by atoms with E-state index >= 15 is 0 Å². The third-order valence-corrected chi connectivity index (χ3v) is 3.57. The first-order chi connectivity index (χ1) is 8.63. The Hall–Kier alpha value is -1.26. The average molecular weight is 269 g/mol. The minimum atomic E-state index is -0.113. The van der Waals surface area contributed by atoms with Gasteiger partial charge in [-0.2, -0.15) is 0 Å². The summed E-state index contributed by atoms with van der Waals surface area (Å²) in [5.74, 6) is -0.113. The third kappa shape index (κ3) is 2.76. The van der Waals surface area contributed by atoms with Gasteiger partial charge in [-0.25, -0.2) is 0 Å². The van der Waals surface area contributed by atoms with Crippen molar-refractivity contribution in [1.29, 1.82) is 0 Å². The van der Waals surface area contributed by atoms with Gasteiger partial charge in [0.25, 0.3) is 5.91 Å². The molecule has 0 bridgehead atoms. The molecule has 0 radical (unpaired) electrons. The zero-order valence-electron chi connectivity index (χ0n) is 10.5. The number of amides is 1. The van der Waals surface area contributed by atoms with Gasteiger partial charge in [-0.3, -0.25) is 4.79 Å². The Labute approximate surface area is 112 Å². The van der Waals surface area contributed by atoms with E-state index in [0.29, 0.717) is 22.7 Å². The molecule has 1 amide bonds. The third-order valence-electron chi connectivity index (χ3n) is 3.24. The van der Waals surface area contributed by atoms with Gasteiger partial charge >= 0.3 is 0 Å². The molecule has 1 saturated carbocycles. The van der Waals surface area contributed by atoms with Gasteiger partial charge in [0.1, 0.15) is 0 Å². The number of carbonyl (C=O) groups excluding carboxylic acids is 1. The lowest BCUT2D eigenvalue weighted by Gasteiger charge is -2.35.